The fourth-order valence-corrected chi connectivity index (χ4v) is 3.32. The molecule has 0 radical (unpaired) electrons. The van der Waals surface area contributed by atoms with Crippen LogP contribution in [-0.4, -0.2) is 74.0 Å². The number of nitrogens with one attached hydrogen (secondary N) is 2. The topological polar surface area (TPSA) is 60.0 Å². The van der Waals surface area contributed by atoms with Gasteiger partial charge in [0, 0.05) is 50.8 Å². The Morgan fingerprint density at radius 3 is 2.59 bits per heavy atom. The molecule has 1 aliphatic heterocycles. The quantitative estimate of drug-likeness (QED) is 0.567. The molecule has 1 saturated heterocycles. The van der Waals surface area contributed by atoms with Crippen LogP contribution in [0, 0.1) is 5.82 Å². The number of hydrogen-bond donors (Lipinski definition) is 2. The summed E-state index contributed by atoms with van der Waals surface area (Å²) < 4.78 is 13.1. The van der Waals surface area contributed by atoms with Gasteiger partial charge in [-0.05, 0) is 38.0 Å². The predicted octanol–water partition coefficient (Wildman–Crippen LogP) is 1.74. The lowest BCUT2D eigenvalue weighted by molar-refractivity contribution is -0.123. The Bertz CT molecular complexity index is 660. The van der Waals surface area contributed by atoms with Gasteiger partial charge >= 0.3 is 0 Å². The van der Waals surface area contributed by atoms with Crippen LogP contribution in [0.4, 0.5) is 4.39 Å². The lowest BCUT2D eigenvalue weighted by Crippen LogP contribution is -2.54. The number of rotatable bonds is 6. The first-order valence-electron chi connectivity index (χ1n) is 9.30. The summed E-state index contributed by atoms with van der Waals surface area (Å²) in [6.45, 7) is 8.27. The molecule has 0 unspecified atom stereocenters. The van der Waals surface area contributed by atoms with Crippen molar-refractivity contribution in [1.82, 2.24) is 20.4 Å². The van der Waals surface area contributed by atoms with Crippen molar-refractivity contribution in [2.24, 2.45) is 4.99 Å². The summed E-state index contributed by atoms with van der Waals surface area (Å²) >= 11 is 6.07. The molecule has 1 aliphatic rings. The van der Waals surface area contributed by atoms with Gasteiger partial charge < -0.3 is 15.5 Å². The maximum Gasteiger partial charge on any atom is 0.234 e. The highest BCUT2D eigenvalue weighted by molar-refractivity contribution is 6.31. The van der Waals surface area contributed by atoms with E-state index >= 15 is 0 Å². The second-order valence-electron chi connectivity index (χ2n) is 6.95. The first kappa shape index (κ1) is 21.4. The second-order valence-corrected chi connectivity index (χ2v) is 7.35. The van der Waals surface area contributed by atoms with Crippen LogP contribution in [0.5, 0.6) is 0 Å². The van der Waals surface area contributed by atoms with Gasteiger partial charge in [-0.1, -0.05) is 17.7 Å². The van der Waals surface area contributed by atoms with Crippen LogP contribution in [0.25, 0.3) is 0 Å². The Balaban J connectivity index is 1.76. The van der Waals surface area contributed by atoms with E-state index in [1.807, 2.05) is 13.8 Å². The van der Waals surface area contributed by atoms with Gasteiger partial charge in [-0.2, -0.15) is 0 Å². The Morgan fingerprint density at radius 1 is 1.30 bits per heavy atom. The van der Waals surface area contributed by atoms with Crippen molar-refractivity contribution < 1.29 is 9.18 Å². The van der Waals surface area contributed by atoms with E-state index in [0.717, 1.165) is 37.7 Å². The number of guanidine groups is 1. The highest BCUT2D eigenvalue weighted by atomic mass is 35.5. The molecule has 1 aromatic rings. The predicted molar refractivity (Wildman–Crippen MR) is 108 cm³/mol. The largest absolute Gasteiger partial charge is 0.356 e. The molecule has 1 fully saturated rings. The fraction of sp³-hybridized carbons (Fsp3) is 0.579. The number of carbonyl (C=O) groups is 1. The van der Waals surface area contributed by atoms with Crippen molar-refractivity contribution in [2.75, 3.05) is 46.3 Å². The molecule has 0 bridgehead atoms. The molecule has 2 rings (SSSR count). The molecule has 1 heterocycles. The van der Waals surface area contributed by atoms with E-state index in [0.29, 0.717) is 24.5 Å². The molecule has 0 atom stereocenters. The van der Waals surface area contributed by atoms with Crippen LogP contribution >= 0.6 is 11.6 Å². The minimum atomic E-state index is -0.326. The van der Waals surface area contributed by atoms with E-state index in [1.165, 1.54) is 12.1 Å². The maximum absolute atomic E-state index is 13.1. The zero-order valence-electron chi connectivity index (χ0n) is 16.3. The van der Waals surface area contributed by atoms with E-state index in [4.69, 9.17) is 11.6 Å². The van der Waals surface area contributed by atoms with E-state index in [-0.39, 0.29) is 17.8 Å². The summed E-state index contributed by atoms with van der Waals surface area (Å²) in [4.78, 5) is 20.6. The Hall–Kier alpha value is -1.86. The number of benzene rings is 1. The van der Waals surface area contributed by atoms with Crippen LogP contribution in [0.2, 0.25) is 5.02 Å². The van der Waals surface area contributed by atoms with Crippen molar-refractivity contribution in [3.63, 3.8) is 0 Å². The average molecular weight is 398 g/mol. The summed E-state index contributed by atoms with van der Waals surface area (Å²) in [5.74, 6) is 0.573. The number of nitrogens with zero attached hydrogens (tertiary/aromatic N) is 3. The van der Waals surface area contributed by atoms with Crippen LogP contribution in [-0.2, 0) is 11.2 Å². The Labute approximate surface area is 165 Å². The van der Waals surface area contributed by atoms with E-state index in [2.05, 4.69) is 25.4 Å². The number of aliphatic imine (C=N–C) groups is 1. The molecule has 0 saturated carbocycles. The normalized spacial score (nSPS) is 15.9. The number of hydrogen-bond acceptors (Lipinski definition) is 3. The summed E-state index contributed by atoms with van der Waals surface area (Å²) in [6.07, 6.45) is 0.688. The Morgan fingerprint density at radius 2 is 2.00 bits per heavy atom. The molecular weight excluding hydrogens is 369 g/mol. The van der Waals surface area contributed by atoms with Crippen LogP contribution in [0.15, 0.2) is 23.2 Å². The van der Waals surface area contributed by atoms with Crippen LogP contribution < -0.4 is 10.6 Å². The zero-order chi connectivity index (χ0) is 19.8. The minimum Gasteiger partial charge on any atom is -0.356 e. The smallest absolute Gasteiger partial charge is 0.234 e. The van der Waals surface area contributed by atoms with Crippen molar-refractivity contribution in [3.05, 3.63) is 34.6 Å². The molecule has 6 nitrogen and oxygen atoms in total. The summed E-state index contributed by atoms with van der Waals surface area (Å²) in [5, 5.41) is 6.70. The number of amides is 1. The highest BCUT2D eigenvalue weighted by Gasteiger charge is 2.21. The highest BCUT2D eigenvalue weighted by Crippen LogP contribution is 2.17. The fourth-order valence-electron chi connectivity index (χ4n) is 3.05. The third kappa shape index (κ3) is 6.99. The lowest BCUT2D eigenvalue weighted by Gasteiger charge is -2.36. The first-order chi connectivity index (χ1) is 12.9. The van der Waals surface area contributed by atoms with Gasteiger partial charge in [0.25, 0.3) is 0 Å². The van der Waals surface area contributed by atoms with Crippen LogP contribution in [0.3, 0.4) is 0 Å². The molecule has 2 N–H and O–H groups in total. The van der Waals surface area contributed by atoms with E-state index in [9.17, 15) is 9.18 Å². The molecule has 0 aliphatic carbocycles. The van der Waals surface area contributed by atoms with Gasteiger partial charge in [0.1, 0.15) is 5.82 Å². The monoisotopic (exact) mass is 397 g/mol. The Kier molecular flexibility index (Phi) is 8.31. The first-order valence-corrected chi connectivity index (χ1v) is 9.68. The molecule has 0 aromatic heterocycles. The van der Waals surface area contributed by atoms with Crippen molar-refractivity contribution in [2.45, 2.75) is 26.3 Å². The van der Waals surface area contributed by atoms with Gasteiger partial charge in [-0.3, -0.25) is 14.7 Å². The molecule has 1 amide bonds. The molecule has 0 spiro atoms. The maximum atomic E-state index is 13.1. The average Bonchev–Trinajstić information content (AvgIpc) is 2.60. The summed E-state index contributed by atoms with van der Waals surface area (Å²) in [6, 6.07) is 4.63. The van der Waals surface area contributed by atoms with Gasteiger partial charge in [-0.25, -0.2) is 4.39 Å². The molecular formula is C19H29ClFN5O. The van der Waals surface area contributed by atoms with Gasteiger partial charge in [0.05, 0.1) is 6.54 Å². The van der Waals surface area contributed by atoms with Gasteiger partial charge in [-0.15, -0.1) is 0 Å². The van der Waals surface area contributed by atoms with E-state index < -0.39 is 0 Å². The van der Waals surface area contributed by atoms with Gasteiger partial charge in [0.2, 0.25) is 5.91 Å². The number of carbonyl (C=O) groups excluding carboxylic acids is 1. The summed E-state index contributed by atoms with van der Waals surface area (Å²) in [5.41, 5.74) is 0.905. The molecule has 1 aromatic carbocycles. The third-order valence-electron chi connectivity index (χ3n) is 4.39. The molecule has 150 valence electrons. The zero-order valence-corrected chi connectivity index (χ0v) is 17.0. The lowest BCUT2D eigenvalue weighted by atomic mass is 10.1. The van der Waals surface area contributed by atoms with Crippen molar-refractivity contribution >= 4 is 23.5 Å². The van der Waals surface area contributed by atoms with Crippen molar-refractivity contribution in [3.8, 4) is 0 Å². The minimum absolute atomic E-state index is 0.0668. The SMILES string of the molecule is CN=C(NCCc1ccc(F)cc1Cl)N1CCN(CC(=O)NC(C)C)CC1. The van der Waals surface area contributed by atoms with Crippen molar-refractivity contribution in [1.29, 1.82) is 0 Å². The number of piperazine rings is 1. The standard InChI is InChI=1S/C19H29ClFN5O/c1-14(2)24-18(27)13-25-8-10-26(11-9-25)19(22-3)23-7-6-15-4-5-16(21)12-17(15)20/h4-5,12,14H,6-11,13H2,1-3H3,(H,22,23)(H,24,27). The second kappa shape index (κ2) is 10.5. The third-order valence-corrected chi connectivity index (χ3v) is 4.74. The number of halogens is 2. The molecule has 8 heteroatoms. The van der Waals surface area contributed by atoms with Gasteiger partial charge in [0.15, 0.2) is 5.96 Å². The van der Waals surface area contributed by atoms with Crippen LogP contribution in [0.1, 0.15) is 19.4 Å². The summed E-state index contributed by atoms with van der Waals surface area (Å²) in [7, 11) is 1.76. The molecule has 27 heavy (non-hydrogen) atoms. The van der Waals surface area contributed by atoms with E-state index in [1.54, 1.807) is 13.1 Å².